The van der Waals surface area contributed by atoms with Gasteiger partial charge in [-0.1, -0.05) is 48.5 Å². The van der Waals surface area contributed by atoms with E-state index < -0.39 is 10.0 Å². The normalized spacial score (nSPS) is 10.9. The number of rotatable bonds is 11. The molecule has 3 N–H and O–H groups in total. The summed E-state index contributed by atoms with van der Waals surface area (Å²) in [6.45, 7) is 4.45. The maximum atomic E-state index is 11.3. The second-order valence-corrected chi connectivity index (χ2v) is 8.67. The smallest absolute Gasteiger partial charge is 0.238 e. The van der Waals surface area contributed by atoms with E-state index in [1.807, 2.05) is 55.5 Å². The van der Waals surface area contributed by atoms with Crippen molar-refractivity contribution in [2.75, 3.05) is 13.2 Å². The van der Waals surface area contributed by atoms with Gasteiger partial charge in [-0.15, -0.1) is 0 Å². The van der Waals surface area contributed by atoms with Gasteiger partial charge < -0.3 is 27.2 Å². The third kappa shape index (κ3) is 7.84. The van der Waals surface area contributed by atoms with Gasteiger partial charge in [0, 0.05) is 6.54 Å². The summed E-state index contributed by atoms with van der Waals surface area (Å²) in [6, 6.07) is 22.6. The summed E-state index contributed by atoms with van der Waals surface area (Å²) in [7, 11) is -3.65. The van der Waals surface area contributed by atoms with E-state index in [4.69, 9.17) is 14.6 Å². The topological polar surface area (TPSA) is 90.6 Å². The first kappa shape index (κ1) is 25.7. The molecule has 3 aromatic carbocycles. The number of ether oxygens (including phenoxy) is 2. The minimum atomic E-state index is -3.65. The van der Waals surface area contributed by atoms with Crippen molar-refractivity contribution in [1.82, 2.24) is 5.32 Å². The Hall–Kier alpha value is -2.58. The van der Waals surface area contributed by atoms with E-state index in [0.29, 0.717) is 19.8 Å². The summed E-state index contributed by atoms with van der Waals surface area (Å²) < 4.78 is 34.4. The third-order valence-electron chi connectivity index (χ3n) is 4.72. The number of primary sulfonamides is 1. The van der Waals surface area contributed by atoms with E-state index in [9.17, 15) is 8.42 Å². The maximum Gasteiger partial charge on any atom is 0.238 e. The number of nitrogens with two attached hydrogens (primary N) is 1. The molecule has 6 nitrogen and oxygen atoms in total. The van der Waals surface area contributed by atoms with Gasteiger partial charge in [-0.3, -0.25) is 0 Å². The van der Waals surface area contributed by atoms with E-state index >= 15 is 0 Å². The molecule has 3 rings (SSSR count). The van der Waals surface area contributed by atoms with E-state index in [2.05, 4.69) is 5.32 Å². The number of nitrogens with one attached hydrogen (secondary N) is 1. The van der Waals surface area contributed by atoms with Crippen LogP contribution in [0.5, 0.6) is 11.5 Å². The van der Waals surface area contributed by atoms with Crippen LogP contribution in [0, 0.1) is 0 Å². The van der Waals surface area contributed by atoms with Crippen molar-refractivity contribution >= 4 is 10.0 Å². The van der Waals surface area contributed by atoms with Crippen LogP contribution in [-0.2, 0) is 29.6 Å². The largest absolute Gasteiger partial charge is 1.00 e. The first-order valence-corrected chi connectivity index (χ1v) is 11.8. The van der Waals surface area contributed by atoms with Crippen molar-refractivity contribution in [1.29, 1.82) is 0 Å². The highest BCUT2D eigenvalue weighted by Gasteiger charge is 2.08. The standard InChI is InChI=1S/C24H28N2O4S.ClH/c1-2-29-24-16-21(10-13-23(24)30-18-20-6-4-3-5-7-20)17-26-15-14-19-8-11-22(12-9-19)31(25,27)28;/h3-13,16,26H,2,14-15,17-18H2,1H3,(H2,25,27,28);1H/p-1. The molecule has 0 saturated heterocycles. The first-order chi connectivity index (χ1) is 15.0. The Labute approximate surface area is 196 Å². The monoisotopic (exact) mass is 475 g/mol. The Morgan fingerprint density at radius 1 is 0.844 bits per heavy atom. The predicted molar refractivity (Wildman–Crippen MR) is 122 cm³/mol. The van der Waals surface area contributed by atoms with Gasteiger partial charge in [0.2, 0.25) is 10.0 Å². The number of hydrogen-bond donors (Lipinski definition) is 2. The minimum Gasteiger partial charge on any atom is -1.00 e. The van der Waals surface area contributed by atoms with E-state index in [1.165, 1.54) is 12.1 Å². The Balaban J connectivity index is 0.00000363. The van der Waals surface area contributed by atoms with Gasteiger partial charge in [0.05, 0.1) is 11.5 Å². The van der Waals surface area contributed by atoms with Crippen LogP contribution in [0.1, 0.15) is 23.6 Å². The van der Waals surface area contributed by atoms with E-state index in [1.54, 1.807) is 12.1 Å². The molecule has 0 aliphatic rings. The van der Waals surface area contributed by atoms with E-state index in [-0.39, 0.29) is 17.3 Å². The van der Waals surface area contributed by atoms with Crippen molar-refractivity contribution in [2.45, 2.75) is 31.4 Å². The molecule has 0 aliphatic carbocycles. The number of halogens is 1. The van der Waals surface area contributed by atoms with Crippen molar-refractivity contribution in [2.24, 2.45) is 5.14 Å². The second kappa shape index (κ2) is 12.5. The summed E-state index contributed by atoms with van der Waals surface area (Å²) in [5.41, 5.74) is 3.24. The zero-order valence-electron chi connectivity index (χ0n) is 18.0. The van der Waals surface area contributed by atoms with Gasteiger partial charge in [-0.25, -0.2) is 13.6 Å². The molecule has 172 valence electrons. The first-order valence-electron chi connectivity index (χ1n) is 10.2. The molecule has 0 amide bonds. The van der Waals surface area contributed by atoms with Crippen LogP contribution in [0.2, 0.25) is 0 Å². The average molecular weight is 476 g/mol. The lowest BCUT2D eigenvalue weighted by Gasteiger charge is -2.14. The molecule has 8 heteroatoms. The molecule has 0 spiro atoms. The summed E-state index contributed by atoms with van der Waals surface area (Å²) in [5, 5.41) is 8.53. The molecule has 0 heterocycles. The van der Waals surface area contributed by atoms with Gasteiger partial charge in [0.25, 0.3) is 0 Å². The molecule has 3 aromatic rings. The van der Waals surface area contributed by atoms with Crippen LogP contribution in [0.25, 0.3) is 0 Å². The van der Waals surface area contributed by atoms with E-state index in [0.717, 1.165) is 41.2 Å². The highest BCUT2D eigenvalue weighted by Crippen LogP contribution is 2.29. The zero-order valence-corrected chi connectivity index (χ0v) is 19.5. The highest BCUT2D eigenvalue weighted by molar-refractivity contribution is 7.89. The van der Waals surface area contributed by atoms with Crippen molar-refractivity contribution < 1.29 is 30.3 Å². The predicted octanol–water partition coefficient (Wildman–Crippen LogP) is 0.648. The third-order valence-corrected chi connectivity index (χ3v) is 5.65. The second-order valence-electron chi connectivity index (χ2n) is 7.10. The Bertz CT molecular complexity index is 1070. The number of benzene rings is 3. The zero-order chi connectivity index (χ0) is 22.1. The average Bonchev–Trinajstić information content (AvgIpc) is 2.77. The summed E-state index contributed by atoms with van der Waals surface area (Å²) >= 11 is 0. The fraction of sp³-hybridized carbons (Fsp3) is 0.250. The number of sulfonamides is 1. The van der Waals surface area contributed by atoms with Gasteiger partial charge >= 0.3 is 0 Å². The minimum absolute atomic E-state index is 0. The molecule has 0 fully saturated rings. The molecular formula is C24H28ClN2O4S-. The van der Waals surface area contributed by atoms with Gasteiger partial charge in [0.15, 0.2) is 11.5 Å². The molecule has 0 bridgehead atoms. The van der Waals surface area contributed by atoms with Gasteiger partial charge in [-0.2, -0.15) is 0 Å². The summed E-state index contributed by atoms with van der Waals surface area (Å²) in [6.07, 6.45) is 0.779. The van der Waals surface area contributed by atoms with Crippen LogP contribution >= 0.6 is 0 Å². The fourth-order valence-electron chi connectivity index (χ4n) is 3.10. The van der Waals surface area contributed by atoms with Crippen LogP contribution in [0.3, 0.4) is 0 Å². The Morgan fingerprint density at radius 3 is 2.19 bits per heavy atom. The van der Waals surface area contributed by atoms with Crippen LogP contribution < -0.4 is 32.3 Å². The lowest BCUT2D eigenvalue weighted by atomic mass is 10.1. The van der Waals surface area contributed by atoms with Crippen LogP contribution in [0.15, 0.2) is 77.7 Å². The Morgan fingerprint density at radius 2 is 1.53 bits per heavy atom. The number of hydrogen-bond acceptors (Lipinski definition) is 5. The van der Waals surface area contributed by atoms with Crippen LogP contribution in [-0.4, -0.2) is 21.6 Å². The lowest BCUT2D eigenvalue weighted by molar-refractivity contribution is -0.00000972. The molecule has 0 aliphatic heterocycles. The summed E-state index contributed by atoms with van der Waals surface area (Å²) in [5.74, 6) is 1.46. The fourth-order valence-corrected chi connectivity index (χ4v) is 3.61. The van der Waals surface area contributed by atoms with Crippen molar-refractivity contribution in [3.05, 3.63) is 89.5 Å². The van der Waals surface area contributed by atoms with Gasteiger partial charge in [0.1, 0.15) is 6.61 Å². The SMILES string of the molecule is CCOc1cc(CNCCc2ccc(S(N)(=O)=O)cc2)ccc1OCc1ccccc1.[Cl-]. The molecule has 0 radical (unpaired) electrons. The molecule has 0 saturated carbocycles. The molecular weight excluding hydrogens is 448 g/mol. The quantitative estimate of drug-likeness (QED) is 0.397. The van der Waals surface area contributed by atoms with Crippen molar-refractivity contribution in [3.8, 4) is 11.5 Å². The molecule has 0 unspecified atom stereocenters. The maximum absolute atomic E-state index is 11.3. The Kier molecular flexibility index (Phi) is 9.99. The molecule has 32 heavy (non-hydrogen) atoms. The lowest BCUT2D eigenvalue weighted by Crippen LogP contribution is -3.00. The van der Waals surface area contributed by atoms with Gasteiger partial charge in [-0.05, 0) is 60.8 Å². The van der Waals surface area contributed by atoms with Crippen molar-refractivity contribution in [3.63, 3.8) is 0 Å². The van der Waals surface area contributed by atoms with Crippen LogP contribution in [0.4, 0.5) is 0 Å². The molecule has 0 aromatic heterocycles. The molecule has 0 atom stereocenters. The highest BCUT2D eigenvalue weighted by atomic mass is 35.5. The summed E-state index contributed by atoms with van der Waals surface area (Å²) in [4.78, 5) is 0.127.